The summed E-state index contributed by atoms with van der Waals surface area (Å²) in [5.41, 5.74) is 3.54. The Morgan fingerprint density at radius 2 is 2.19 bits per heavy atom. The summed E-state index contributed by atoms with van der Waals surface area (Å²) >= 11 is 0. The number of fused-ring (bicyclic) bond motifs is 2. The minimum absolute atomic E-state index is 0.0972. The lowest BCUT2D eigenvalue weighted by Gasteiger charge is -2.04. The molecule has 0 atom stereocenters. The number of pyridine rings is 1. The van der Waals surface area contributed by atoms with Gasteiger partial charge in [-0.15, -0.1) is 5.10 Å². The number of hydrogen-bond donors (Lipinski definition) is 1. The molecule has 0 aliphatic heterocycles. The molecule has 3 heterocycles. The lowest BCUT2D eigenvalue weighted by Crippen LogP contribution is -2.04. The van der Waals surface area contributed by atoms with Crippen molar-refractivity contribution in [3.05, 3.63) is 54.0 Å². The van der Waals surface area contributed by atoms with Gasteiger partial charge >= 0.3 is 0 Å². The number of aliphatic hydroxyl groups excluding tert-OH is 1. The van der Waals surface area contributed by atoms with Crippen LogP contribution >= 0.6 is 0 Å². The molecule has 1 N–H and O–H groups in total. The van der Waals surface area contributed by atoms with E-state index in [0.717, 1.165) is 16.5 Å². The zero-order valence-corrected chi connectivity index (χ0v) is 13.7. The summed E-state index contributed by atoms with van der Waals surface area (Å²) in [6, 6.07) is 9.98. The highest BCUT2D eigenvalue weighted by Crippen LogP contribution is 2.15. The van der Waals surface area contributed by atoms with Crippen molar-refractivity contribution in [3.63, 3.8) is 0 Å². The molecule has 130 valence electrons. The number of aliphatic hydroxyl groups is 1. The molecule has 0 radical (unpaired) electrons. The number of hydrogen-bond acceptors (Lipinski definition) is 8. The van der Waals surface area contributed by atoms with Crippen LogP contribution in [0.25, 0.3) is 22.2 Å². The molecule has 26 heavy (non-hydrogen) atoms. The molecular formula is C17H15N7O2. The van der Waals surface area contributed by atoms with Crippen molar-refractivity contribution in [3.8, 4) is 0 Å². The van der Waals surface area contributed by atoms with Gasteiger partial charge in [0.1, 0.15) is 12.3 Å². The van der Waals surface area contributed by atoms with E-state index in [-0.39, 0.29) is 13.2 Å². The van der Waals surface area contributed by atoms with Crippen LogP contribution in [0.5, 0.6) is 0 Å². The van der Waals surface area contributed by atoms with Crippen molar-refractivity contribution in [1.82, 2.24) is 29.9 Å². The van der Waals surface area contributed by atoms with E-state index in [2.05, 4.69) is 36.5 Å². The Morgan fingerprint density at radius 3 is 3.12 bits per heavy atom. The second-order valence-electron chi connectivity index (χ2n) is 5.51. The monoisotopic (exact) mass is 349 g/mol. The molecule has 3 aromatic heterocycles. The van der Waals surface area contributed by atoms with Crippen LogP contribution in [0.3, 0.4) is 0 Å². The fraction of sp³-hybridized carbons (Fsp3) is 0.176. The van der Waals surface area contributed by atoms with Crippen LogP contribution in [-0.4, -0.2) is 54.5 Å². The molecule has 0 bridgehead atoms. The smallest absolute Gasteiger partial charge is 0.221 e. The quantitative estimate of drug-likeness (QED) is 0.316. The Balaban J connectivity index is 1.61. The first-order valence-corrected chi connectivity index (χ1v) is 7.99. The van der Waals surface area contributed by atoms with Crippen molar-refractivity contribution in [1.29, 1.82) is 0 Å². The van der Waals surface area contributed by atoms with Gasteiger partial charge in [0, 0.05) is 11.6 Å². The molecule has 4 aromatic rings. The molecule has 1 aromatic carbocycles. The third-order valence-electron chi connectivity index (χ3n) is 3.69. The van der Waals surface area contributed by atoms with Gasteiger partial charge in [0.25, 0.3) is 0 Å². The molecule has 0 saturated carbocycles. The van der Waals surface area contributed by atoms with Crippen LogP contribution in [-0.2, 0) is 11.4 Å². The Bertz CT molecular complexity index is 1080. The van der Waals surface area contributed by atoms with E-state index in [0.29, 0.717) is 23.5 Å². The number of aromatic nitrogens is 6. The zero-order chi connectivity index (χ0) is 17.8. The average Bonchev–Trinajstić information content (AvgIpc) is 3.07. The van der Waals surface area contributed by atoms with Gasteiger partial charge in [-0.3, -0.25) is 4.98 Å². The third kappa shape index (κ3) is 3.33. The second-order valence-corrected chi connectivity index (χ2v) is 5.51. The highest BCUT2D eigenvalue weighted by Gasteiger charge is 2.09. The van der Waals surface area contributed by atoms with Crippen LogP contribution < -0.4 is 0 Å². The number of oxime groups is 1. The van der Waals surface area contributed by atoms with Gasteiger partial charge in [-0.05, 0) is 23.8 Å². The minimum atomic E-state index is -0.0972. The minimum Gasteiger partial charge on any atom is -0.393 e. The SMILES string of the molecule is OCCO/N=C\c1cnc2nnn(Cc3ccc4ncccc4c3)c2n1. The highest BCUT2D eigenvalue weighted by molar-refractivity contribution is 5.80. The number of rotatable bonds is 6. The van der Waals surface area contributed by atoms with Crippen molar-refractivity contribution in [2.45, 2.75) is 6.54 Å². The first-order chi connectivity index (χ1) is 12.8. The Hall–Kier alpha value is -3.46. The Labute approximate surface area is 148 Å². The normalized spacial score (nSPS) is 11.6. The van der Waals surface area contributed by atoms with Crippen LogP contribution in [0, 0.1) is 0 Å². The molecule has 4 rings (SSSR count). The van der Waals surface area contributed by atoms with Gasteiger partial charge in [-0.25, -0.2) is 14.6 Å². The summed E-state index contributed by atoms with van der Waals surface area (Å²) in [7, 11) is 0. The molecule has 0 spiro atoms. The Kier molecular flexibility index (Phi) is 4.44. The molecule has 0 fully saturated rings. The van der Waals surface area contributed by atoms with E-state index in [9.17, 15) is 0 Å². The molecule has 0 unspecified atom stereocenters. The summed E-state index contributed by atoms with van der Waals surface area (Å²) in [4.78, 5) is 17.9. The number of nitrogens with zero attached hydrogens (tertiary/aromatic N) is 7. The summed E-state index contributed by atoms with van der Waals surface area (Å²) in [6.45, 7) is 0.542. The zero-order valence-electron chi connectivity index (χ0n) is 13.7. The summed E-state index contributed by atoms with van der Waals surface area (Å²) in [6.07, 6.45) is 4.74. The second kappa shape index (κ2) is 7.19. The fourth-order valence-electron chi connectivity index (χ4n) is 2.52. The van der Waals surface area contributed by atoms with Crippen molar-refractivity contribution >= 4 is 28.4 Å². The van der Waals surface area contributed by atoms with Gasteiger partial charge in [0.2, 0.25) is 5.65 Å². The average molecular weight is 349 g/mol. The molecule has 9 nitrogen and oxygen atoms in total. The van der Waals surface area contributed by atoms with Gasteiger partial charge < -0.3 is 9.94 Å². The first kappa shape index (κ1) is 16.0. The van der Waals surface area contributed by atoms with Crippen molar-refractivity contribution in [2.24, 2.45) is 5.16 Å². The van der Waals surface area contributed by atoms with E-state index >= 15 is 0 Å². The van der Waals surface area contributed by atoms with Gasteiger partial charge in [0.15, 0.2) is 5.65 Å². The molecule has 0 amide bonds. The lowest BCUT2D eigenvalue weighted by molar-refractivity contribution is 0.0997. The first-order valence-electron chi connectivity index (χ1n) is 7.99. The standard InChI is InChI=1S/C17H15N7O2/c25-6-7-26-20-10-14-9-19-16-17(21-14)24(23-22-16)11-12-3-4-15-13(8-12)2-1-5-18-15/h1-5,8-10,25H,6-7,11H2/b20-10-. The highest BCUT2D eigenvalue weighted by atomic mass is 16.6. The van der Waals surface area contributed by atoms with Gasteiger partial charge in [0.05, 0.1) is 31.1 Å². The van der Waals surface area contributed by atoms with Crippen LogP contribution in [0.15, 0.2) is 47.9 Å². The topological polar surface area (TPSA) is 111 Å². The maximum absolute atomic E-state index is 8.67. The molecule has 0 saturated heterocycles. The molecule has 9 heteroatoms. The van der Waals surface area contributed by atoms with E-state index in [1.165, 1.54) is 12.4 Å². The van der Waals surface area contributed by atoms with Crippen LogP contribution in [0.2, 0.25) is 0 Å². The fourth-order valence-corrected chi connectivity index (χ4v) is 2.52. The lowest BCUT2D eigenvalue weighted by atomic mass is 10.1. The van der Waals surface area contributed by atoms with Gasteiger partial charge in [-0.2, -0.15) is 0 Å². The molecule has 0 aliphatic rings. The predicted octanol–water partition coefficient (Wildman–Crippen LogP) is 1.16. The van der Waals surface area contributed by atoms with E-state index in [1.54, 1.807) is 10.9 Å². The predicted molar refractivity (Wildman–Crippen MR) is 94.6 cm³/mol. The summed E-state index contributed by atoms with van der Waals surface area (Å²) < 4.78 is 1.69. The van der Waals surface area contributed by atoms with E-state index in [4.69, 9.17) is 9.94 Å². The van der Waals surface area contributed by atoms with Crippen molar-refractivity contribution in [2.75, 3.05) is 13.2 Å². The van der Waals surface area contributed by atoms with Crippen molar-refractivity contribution < 1.29 is 9.94 Å². The maximum Gasteiger partial charge on any atom is 0.221 e. The Morgan fingerprint density at radius 1 is 1.23 bits per heavy atom. The van der Waals surface area contributed by atoms with Crippen LogP contribution in [0.4, 0.5) is 0 Å². The van der Waals surface area contributed by atoms with Crippen LogP contribution in [0.1, 0.15) is 11.3 Å². The summed E-state index contributed by atoms with van der Waals surface area (Å²) in [5, 5.41) is 21.6. The third-order valence-corrected chi connectivity index (χ3v) is 3.69. The number of benzene rings is 1. The maximum atomic E-state index is 8.67. The largest absolute Gasteiger partial charge is 0.393 e. The molecule has 0 aliphatic carbocycles. The molecular weight excluding hydrogens is 334 g/mol. The van der Waals surface area contributed by atoms with E-state index in [1.807, 2.05) is 24.3 Å². The van der Waals surface area contributed by atoms with Gasteiger partial charge in [-0.1, -0.05) is 22.5 Å². The summed E-state index contributed by atoms with van der Waals surface area (Å²) in [5.74, 6) is 0. The van der Waals surface area contributed by atoms with E-state index < -0.39 is 0 Å².